The maximum absolute atomic E-state index is 5.68. The molecule has 2 nitrogen and oxygen atoms in total. The number of hydrogen-bond donors (Lipinski definition) is 0. The minimum Gasteiger partial charge on any atom is -0.377 e. The van der Waals surface area contributed by atoms with Crippen molar-refractivity contribution in [3.05, 3.63) is 12.7 Å². The van der Waals surface area contributed by atoms with E-state index in [4.69, 9.17) is 4.74 Å². The van der Waals surface area contributed by atoms with E-state index in [0.717, 1.165) is 6.61 Å². The van der Waals surface area contributed by atoms with Crippen LogP contribution in [0, 0.1) is 0 Å². The monoisotopic (exact) mass is 368 g/mol. The van der Waals surface area contributed by atoms with Gasteiger partial charge in [-0.25, -0.2) is 0 Å². The summed E-state index contributed by atoms with van der Waals surface area (Å²) in [6.45, 7) is 17.8. The molecule has 0 aliphatic carbocycles. The van der Waals surface area contributed by atoms with E-state index < -0.39 is 0 Å². The van der Waals surface area contributed by atoms with Crippen LogP contribution in [0.25, 0.3) is 0 Å². The molecule has 0 N–H and O–H groups in total. The molecule has 0 aromatic heterocycles. The van der Waals surface area contributed by atoms with Crippen molar-refractivity contribution >= 4 is 0 Å². The van der Waals surface area contributed by atoms with Gasteiger partial charge in [0.05, 0.1) is 39.4 Å². The highest BCUT2D eigenvalue weighted by Crippen LogP contribution is 2.18. The minimum absolute atomic E-state index is 0.698. The quantitative estimate of drug-likeness (QED) is 0.119. The largest absolute Gasteiger partial charge is 0.377 e. The Morgan fingerprint density at radius 2 is 1.04 bits per heavy atom. The van der Waals surface area contributed by atoms with Gasteiger partial charge in [0, 0.05) is 6.42 Å². The lowest BCUT2D eigenvalue weighted by molar-refractivity contribution is -0.929. The van der Waals surface area contributed by atoms with Gasteiger partial charge in [-0.1, -0.05) is 65.4 Å². The van der Waals surface area contributed by atoms with Gasteiger partial charge >= 0.3 is 0 Å². The fourth-order valence-electron chi connectivity index (χ4n) is 3.96. The van der Waals surface area contributed by atoms with Crippen molar-refractivity contribution in [2.75, 3.05) is 39.4 Å². The van der Waals surface area contributed by atoms with Gasteiger partial charge in [0.1, 0.15) is 0 Å². The first-order chi connectivity index (χ1) is 12.7. The average molecular weight is 369 g/mol. The fraction of sp³-hybridized carbons (Fsp3) is 0.917. The molecule has 0 saturated heterocycles. The highest BCUT2D eigenvalue weighted by Gasteiger charge is 2.25. The molecule has 0 aromatic rings. The van der Waals surface area contributed by atoms with E-state index in [-0.39, 0.29) is 0 Å². The Balaban J connectivity index is 4.65. The second kappa shape index (κ2) is 19.4. The third kappa shape index (κ3) is 14.8. The number of nitrogens with zero attached hydrogens (tertiary/aromatic N) is 1. The molecule has 0 aliphatic heterocycles. The molecule has 0 heterocycles. The van der Waals surface area contributed by atoms with Crippen LogP contribution in [0.5, 0.6) is 0 Å². The second-order valence-corrected chi connectivity index (χ2v) is 8.14. The summed E-state index contributed by atoms with van der Waals surface area (Å²) in [7, 11) is 0. The van der Waals surface area contributed by atoms with Crippen LogP contribution in [0.3, 0.4) is 0 Å². The molecule has 26 heavy (non-hydrogen) atoms. The van der Waals surface area contributed by atoms with Crippen LogP contribution in [0.1, 0.15) is 104 Å². The topological polar surface area (TPSA) is 9.23 Å². The minimum atomic E-state index is 0.698. The predicted octanol–water partition coefficient (Wildman–Crippen LogP) is 7.14. The summed E-state index contributed by atoms with van der Waals surface area (Å²) in [5.41, 5.74) is 0. The maximum atomic E-state index is 5.68. The van der Waals surface area contributed by atoms with Crippen molar-refractivity contribution in [2.45, 2.75) is 104 Å². The van der Waals surface area contributed by atoms with Crippen LogP contribution in [-0.4, -0.2) is 43.9 Å². The number of rotatable bonds is 21. The van der Waals surface area contributed by atoms with E-state index in [1.54, 1.807) is 0 Å². The lowest BCUT2D eigenvalue weighted by Gasteiger charge is -2.39. The Bertz CT molecular complexity index is 259. The van der Waals surface area contributed by atoms with Crippen LogP contribution in [0.4, 0.5) is 0 Å². The zero-order valence-electron chi connectivity index (χ0n) is 18.6. The third-order valence-corrected chi connectivity index (χ3v) is 5.61. The molecule has 2 heteroatoms. The van der Waals surface area contributed by atoms with Crippen molar-refractivity contribution in [1.29, 1.82) is 0 Å². The van der Waals surface area contributed by atoms with Crippen LogP contribution in [0.2, 0.25) is 0 Å². The van der Waals surface area contributed by atoms with E-state index in [0.29, 0.717) is 6.61 Å². The number of quaternary nitrogens is 1. The smallest absolute Gasteiger partial charge is 0.0808 e. The van der Waals surface area contributed by atoms with Crippen LogP contribution in [-0.2, 0) is 4.74 Å². The average Bonchev–Trinajstić information content (AvgIpc) is 2.65. The highest BCUT2D eigenvalue weighted by molar-refractivity contribution is 4.63. The Morgan fingerprint density at radius 3 is 1.42 bits per heavy atom. The van der Waals surface area contributed by atoms with Gasteiger partial charge in [-0.3, -0.25) is 0 Å². The van der Waals surface area contributed by atoms with Gasteiger partial charge in [-0.2, -0.15) is 0 Å². The summed E-state index contributed by atoms with van der Waals surface area (Å²) in [4.78, 5) is 0. The molecule has 0 spiro atoms. The molecule has 0 fully saturated rings. The Labute approximate surface area is 166 Å². The molecule has 0 saturated carbocycles. The van der Waals surface area contributed by atoms with Crippen molar-refractivity contribution in [3.63, 3.8) is 0 Å². The summed E-state index contributed by atoms with van der Waals surface area (Å²) in [6.07, 6.45) is 19.7. The Hall–Kier alpha value is -0.340. The van der Waals surface area contributed by atoms with E-state index >= 15 is 0 Å². The van der Waals surface area contributed by atoms with E-state index in [9.17, 15) is 0 Å². The van der Waals surface area contributed by atoms with Crippen LogP contribution < -0.4 is 0 Å². The molecule has 0 radical (unpaired) electrons. The maximum Gasteiger partial charge on any atom is 0.0808 e. The van der Waals surface area contributed by atoms with Gasteiger partial charge in [-0.15, -0.1) is 6.58 Å². The molecule has 0 unspecified atom stereocenters. The SMILES string of the molecule is C=CCOCCC[N+](CCCCCC)(CCCCCC)CCCCCC. The van der Waals surface area contributed by atoms with Crippen molar-refractivity contribution in [2.24, 2.45) is 0 Å². The first kappa shape index (κ1) is 25.7. The highest BCUT2D eigenvalue weighted by atomic mass is 16.5. The summed E-state index contributed by atoms with van der Waals surface area (Å²) in [6, 6.07) is 0. The zero-order chi connectivity index (χ0) is 19.3. The van der Waals surface area contributed by atoms with E-state index in [1.807, 2.05) is 6.08 Å². The summed E-state index contributed by atoms with van der Waals surface area (Å²) in [5.74, 6) is 0. The van der Waals surface area contributed by atoms with Crippen LogP contribution in [0.15, 0.2) is 12.7 Å². The van der Waals surface area contributed by atoms with Gasteiger partial charge < -0.3 is 9.22 Å². The number of hydrogen-bond acceptors (Lipinski definition) is 1. The van der Waals surface area contributed by atoms with Gasteiger partial charge in [0.15, 0.2) is 0 Å². The lowest BCUT2D eigenvalue weighted by Crippen LogP contribution is -2.51. The fourth-order valence-corrected chi connectivity index (χ4v) is 3.96. The third-order valence-electron chi connectivity index (χ3n) is 5.61. The van der Waals surface area contributed by atoms with E-state index in [2.05, 4.69) is 27.4 Å². The van der Waals surface area contributed by atoms with Gasteiger partial charge in [0.2, 0.25) is 0 Å². The van der Waals surface area contributed by atoms with E-state index in [1.165, 1.54) is 114 Å². The molecular formula is C24H50NO+. The second-order valence-electron chi connectivity index (χ2n) is 8.14. The Morgan fingerprint density at radius 1 is 0.615 bits per heavy atom. The molecule has 0 rings (SSSR count). The van der Waals surface area contributed by atoms with Crippen molar-refractivity contribution in [3.8, 4) is 0 Å². The van der Waals surface area contributed by atoms with Gasteiger partial charge in [-0.05, 0) is 38.5 Å². The zero-order valence-corrected chi connectivity index (χ0v) is 18.6. The molecule has 0 amide bonds. The van der Waals surface area contributed by atoms with Crippen molar-refractivity contribution < 1.29 is 9.22 Å². The normalized spacial score (nSPS) is 11.8. The summed E-state index contributed by atoms with van der Waals surface area (Å²) < 4.78 is 7.04. The first-order valence-corrected chi connectivity index (χ1v) is 11.8. The first-order valence-electron chi connectivity index (χ1n) is 11.8. The molecule has 0 aliphatic rings. The molecule has 0 atom stereocenters. The summed E-state index contributed by atoms with van der Waals surface area (Å²) in [5, 5.41) is 0. The number of ether oxygens (including phenoxy) is 1. The van der Waals surface area contributed by atoms with Crippen LogP contribution >= 0.6 is 0 Å². The Kier molecular flexibility index (Phi) is 19.2. The number of unbranched alkanes of at least 4 members (excludes halogenated alkanes) is 9. The lowest BCUT2D eigenvalue weighted by atomic mass is 10.1. The molecular weight excluding hydrogens is 318 g/mol. The standard InChI is InChI=1S/C24H50NO/c1-5-9-12-15-19-25(20-16-13-10-6-2,21-17-14-11-7-3)22-18-24-26-23-8-4/h8H,4-7,9-24H2,1-3H3/q+1. The summed E-state index contributed by atoms with van der Waals surface area (Å²) >= 11 is 0. The predicted molar refractivity (Wildman–Crippen MR) is 118 cm³/mol. The van der Waals surface area contributed by atoms with Crippen molar-refractivity contribution in [1.82, 2.24) is 0 Å². The molecule has 0 aromatic carbocycles. The molecule has 156 valence electrons. The van der Waals surface area contributed by atoms with Gasteiger partial charge in [0.25, 0.3) is 0 Å². The molecule has 0 bridgehead atoms.